The van der Waals surface area contributed by atoms with Gasteiger partial charge in [0.1, 0.15) is 0 Å². The number of nitrogens with one attached hydrogen (secondary N) is 4. The van der Waals surface area contributed by atoms with Crippen molar-refractivity contribution in [2.45, 2.75) is 0 Å². The lowest BCUT2D eigenvalue weighted by Crippen LogP contribution is -2.29. The lowest BCUT2D eigenvalue weighted by molar-refractivity contribution is 0.0962. The lowest BCUT2D eigenvalue weighted by Gasteiger charge is -2.12. The first-order valence-electron chi connectivity index (χ1n) is 8.15. The first-order chi connectivity index (χ1) is 13.1. The summed E-state index contributed by atoms with van der Waals surface area (Å²) in [6.07, 6.45) is 0. The van der Waals surface area contributed by atoms with Crippen LogP contribution in [0.2, 0.25) is 5.02 Å². The number of carbonyl (C=O) groups is 1. The van der Waals surface area contributed by atoms with Crippen molar-refractivity contribution in [1.29, 1.82) is 0 Å². The van der Waals surface area contributed by atoms with Crippen LogP contribution in [0.5, 0.6) is 0 Å². The number of hydrazine groups is 1. The molecule has 0 aromatic heterocycles. The summed E-state index contributed by atoms with van der Waals surface area (Å²) in [5.41, 5.74) is 8.51. The molecule has 0 aliphatic rings. The fourth-order valence-electron chi connectivity index (χ4n) is 2.25. The van der Waals surface area contributed by atoms with Crippen molar-refractivity contribution in [3.05, 3.63) is 89.4 Å². The lowest BCUT2D eigenvalue weighted by atomic mass is 10.2. The van der Waals surface area contributed by atoms with Crippen LogP contribution in [0.1, 0.15) is 10.4 Å². The fraction of sp³-hybridized carbons (Fsp3) is 0. The summed E-state index contributed by atoms with van der Waals surface area (Å²) >= 11 is 11.1. The second kappa shape index (κ2) is 9.02. The third-order valence-corrected chi connectivity index (χ3v) is 4.06. The summed E-state index contributed by atoms with van der Waals surface area (Å²) in [5, 5.41) is 7.30. The normalized spacial score (nSPS) is 9.96. The Balaban J connectivity index is 1.50. The van der Waals surface area contributed by atoms with Gasteiger partial charge in [0.25, 0.3) is 5.91 Å². The van der Waals surface area contributed by atoms with E-state index in [-0.39, 0.29) is 5.91 Å². The third kappa shape index (κ3) is 5.70. The van der Waals surface area contributed by atoms with Crippen molar-refractivity contribution in [2.75, 3.05) is 16.1 Å². The maximum absolute atomic E-state index is 12.1. The molecule has 5 nitrogen and oxygen atoms in total. The fourth-order valence-corrected chi connectivity index (χ4v) is 2.62. The largest absolute Gasteiger partial charge is 0.332 e. The molecule has 0 atom stereocenters. The average molecular weight is 397 g/mol. The van der Waals surface area contributed by atoms with Gasteiger partial charge in [0.05, 0.1) is 5.69 Å². The zero-order chi connectivity index (χ0) is 19.1. The highest BCUT2D eigenvalue weighted by Gasteiger charge is 2.05. The van der Waals surface area contributed by atoms with Gasteiger partial charge in [-0.3, -0.25) is 15.6 Å². The smallest absolute Gasteiger partial charge is 0.269 e. The topological polar surface area (TPSA) is 65.2 Å². The minimum Gasteiger partial charge on any atom is -0.332 e. The van der Waals surface area contributed by atoms with Gasteiger partial charge >= 0.3 is 0 Å². The number of anilines is 3. The molecule has 0 aliphatic heterocycles. The summed E-state index contributed by atoms with van der Waals surface area (Å²) < 4.78 is 0. The highest BCUT2D eigenvalue weighted by molar-refractivity contribution is 7.80. The average Bonchev–Trinajstić information content (AvgIpc) is 2.68. The minimum atomic E-state index is -0.248. The molecule has 0 radical (unpaired) electrons. The van der Waals surface area contributed by atoms with Crippen molar-refractivity contribution in [3.63, 3.8) is 0 Å². The van der Waals surface area contributed by atoms with Crippen LogP contribution in [0, 0.1) is 0 Å². The van der Waals surface area contributed by atoms with Crippen molar-refractivity contribution < 1.29 is 4.79 Å². The van der Waals surface area contributed by atoms with Gasteiger partial charge in [-0.2, -0.15) is 0 Å². The second-order valence-corrected chi connectivity index (χ2v) is 6.45. The van der Waals surface area contributed by atoms with E-state index in [2.05, 4.69) is 21.5 Å². The van der Waals surface area contributed by atoms with Crippen molar-refractivity contribution in [1.82, 2.24) is 5.43 Å². The number of hydrogen-bond acceptors (Lipinski definition) is 3. The zero-order valence-electron chi connectivity index (χ0n) is 14.2. The highest BCUT2D eigenvalue weighted by Crippen LogP contribution is 2.14. The van der Waals surface area contributed by atoms with Crippen LogP contribution in [0.25, 0.3) is 0 Å². The molecule has 136 valence electrons. The molecule has 0 heterocycles. The number of hydrogen-bond donors (Lipinski definition) is 4. The Labute approximate surface area is 167 Å². The van der Waals surface area contributed by atoms with E-state index in [4.69, 9.17) is 23.8 Å². The molecule has 3 rings (SSSR count). The van der Waals surface area contributed by atoms with Gasteiger partial charge in [-0.25, -0.2) is 0 Å². The van der Waals surface area contributed by atoms with Gasteiger partial charge in [0.2, 0.25) is 0 Å². The monoisotopic (exact) mass is 396 g/mol. The van der Waals surface area contributed by atoms with Crippen LogP contribution in [0.15, 0.2) is 78.9 Å². The number of rotatable bonds is 5. The van der Waals surface area contributed by atoms with E-state index in [0.29, 0.717) is 15.7 Å². The first kappa shape index (κ1) is 18.7. The minimum absolute atomic E-state index is 0.248. The number of carbonyl (C=O) groups excluding carboxylic acids is 1. The first-order valence-corrected chi connectivity index (χ1v) is 8.94. The molecular formula is C20H17ClN4OS. The maximum Gasteiger partial charge on any atom is 0.269 e. The standard InChI is InChI=1S/C20H17ClN4OS/c21-15-8-6-14(7-9-15)19(26)25-24-18-12-10-17(11-13-18)23-20(27)22-16-4-2-1-3-5-16/h1-13,24H,(H,25,26)(H2,22,23,27). The maximum atomic E-state index is 12.1. The molecule has 0 fully saturated rings. The van der Waals surface area contributed by atoms with Crippen LogP contribution < -0.4 is 21.5 Å². The number of para-hydroxylation sites is 1. The Morgan fingerprint density at radius 2 is 1.30 bits per heavy atom. The Bertz CT molecular complexity index is 915. The van der Waals surface area contributed by atoms with Gasteiger partial charge in [0, 0.05) is 22.0 Å². The molecule has 0 saturated carbocycles. The molecule has 4 N–H and O–H groups in total. The van der Waals surface area contributed by atoms with E-state index < -0.39 is 0 Å². The van der Waals surface area contributed by atoms with E-state index in [0.717, 1.165) is 17.1 Å². The SMILES string of the molecule is O=C(NNc1ccc(NC(=S)Nc2ccccc2)cc1)c1ccc(Cl)cc1. The quantitative estimate of drug-likeness (QED) is 0.364. The summed E-state index contributed by atoms with van der Waals surface area (Å²) in [7, 11) is 0. The third-order valence-electron chi connectivity index (χ3n) is 3.60. The Morgan fingerprint density at radius 1 is 0.741 bits per heavy atom. The summed E-state index contributed by atoms with van der Waals surface area (Å²) in [6.45, 7) is 0. The number of halogens is 1. The van der Waals surface area contributed by atoms with Gasteiger partial charge in [-0.05, 0) is 72.9 Å². The van der Waals surface area contributed by atoms with Crippen LogP contribution >= 0.6 is 23.8 Å². The van der Waals surface area contributed by atoms with Gasteiger partial charge in [-0.15, -0.1) is 0 Å². The second-order valence-electron chi connectivity index (χ2n) is 5.61. The molecule has 0 aliphatic carbocycles. The Morgan fingerprint density at radius 3 is 1.93 bits per heavy atom. The van der Waals surface area contributed by atoms with Crippen LogP contribution in [-0.2, 0) is 0 Å². The highest BCUT2D eigenvalue weighted by atomic mass is 35.5. The van der Waals surface area contributed by atoms with E-state index in [1.165, 1.54) is 0 Å². The molecule has 3 aromatic carbocycles. The molecule has 0 saturated heterocycles. The number of benzene rings is 3. The van der Waals surface area contributed by atoms with Gasteiger partial charge in [-0.1, -0.05) is 29.8 Å². The van der Waals surface area contributed by atoms with Crippen molar-refractivity contribution in [3.8, 4) is 0 Å². The Hall–Kier alpha value is -3.09. The molecule has 3 aromatic rings. The van der Waals surface area contributed by atoms with E-state index >= 15 is 0 Å². The molecule has 0 bridgehead atoms. The zero-order valence-corrected chi connectivity index (χ0v) is 15.8. The predicted molar refractivity (Wildman–Crippen MR) is 115 cm³/mol. The summed E-state index contributed by atoms with van der Waals surface area (Å²) in [4.78, 5) is 12.1. The molecular weight excluding hydrogens is 380 g/mol. The molecule has 27 heavy (non-hydrogen) atoms. The molecule has 7 heteroatoms. The molecule has 1 amide bonds. The van der Waals surface area contributed by atoms with Gasteiger partial charge < -0.3 is 10.6 Å². The molecule has 0 spiro atoms. The van der Waals surface area contributed by atoms with Crippen molar-refractivity contribution in [2.24, 2.45) is 0 Å². The van der Waals surface area contributed by atoms with Crippen LogP contribution in [-0.4, -0.2) is 11.0 Å². The van der Waals surface area contributed by atoms with Crippen molar-refractivity contribution >= 4 is 51.9 Å². The van der Waals surface area contributed by atoms with E-state index in [9.17, 15) is 4.79 Å². The van der Waals surface area contributed by atoms with E-state index in [1.807, 2.05) is 54.6 Å². The van der Waals surface area contributed by atoms with Crippen LogP contribution in [0.3, 0.4) is 0 Å². The number of amides is 1. The summed E-state index contributed by atoms with van der Waals surface area (Å²) in [5.74, 6) is -0.248. The summed E-state index contributed by atoms with van der Waals surface area (Å²) in [6, 6.07) is 23.7. The Kier molecular flexibility index (Phi) is 6.25. The predicted octanol–water partition coefficient (Wildman–Crippen LogP) is 4.91. The van der Waals surface area contributed by atoms with Gasteiger partial charge in [0.15, 0.2) is 5.11 Å². The van der Waals surface area contributed by atoms with Crippen LogP contribution in [0.4, 0.5) is 17.1 Å². The number of thiocarbonyl (C=S) groups is 1. The van der Waals surface area contributed by atoms with E-state index in [1.54, 1.807) is 24.3 Å². The molecule has 0 unspecified atom stereocenters.